The van der Waals surface area contributed by atoms with Gasteiger partial charge in [0, 0.05) is 12.0 Å². The molecule has 0 amide bonds. The van der Waals surface area contributed by atoms with Crippen LogP contribution in [0.25, 0.3) is 0 Å². The third-order valence-electron chi connectivity index (χ3n) is 3.20. The molecule has 1 atom stereocenters. The number of alkyl halides is 1. The van der Waals surface area contributed by atoms with Crippen LogP contribution in [0.3, 0.4) is 0 Å². The van der Waals surface area contributed by atoms with Crippen LogP contribution >= 0.6 is 0 Å². The summed E-state index contributed by atoms with van der Waals surface area (Å²) in [6.07, 6.45) is 0.707. The highest BCUT2D eigenvalue weighted by Crippen LogP contribution is 2.41. The molecule has 0 aromatic carbocycles. The van der Waals surface area contributed by atoms with Gasteiger partial charge in [-0.1, -0.05) is 13.8 Å². The van der Waals surface area contributed by atoms with E-state index in [1.807, 2.05) is 0 Å². The van der Waals surface area contributed by atoms with Crippen LogP contribution in [0.2, 0.25) is 0 Å². The molecule has 84 valence electrons. The summed E-state index contributed by atoms with van der Waals surface area (Å²) < 4.78 is 37.1. The molecule has 3 nitrogen and oxygen atoms in total. The SMILES string of the molecule is CC(C)(CN)C1(F)CCCS(=O)(=O)C1. The number of hydrogen-bond donors (Lipinski definition) is 1. The predicted molar refractivity (Wildman–Crippen MR) is 54.6 cm³/mol. The molecule has 1 heterocycles. The van der Waals surface area contributed by atoms with Gasteiger partial charge >= 0.3 is 0 Å². The van der Waals surface area contributed by atoms with Gasteiger partial charge in [-0.05, 0) is 12.8 Å². The van der Waals surface area contributed by atoms with Crippen LogP contribution in [-0.2, 0) is 9.84 Å². The van der Waals surface area contributed by atoms with Gasteiger partial charge in [0.25, 0.3) is 0 Å². The molecule has 1 fully saturated rings. The fraction of sp³-hybridized carbons (Fsp3) is 1.00. The first-order valence-corrected chi connectivity index (χ1v) is 6.64. The van der Waals surface area contributed by atoms with Crippen LogP contribution in [0.15, 0.2) is 0 Å². The molecule has 2 N–H and O–H groups in total. The van der Waals surface area contributed by atoms with Crippen LogP contribution in [0.1, 0.15) is 26.7 Å². The van der Waals surface area contributed by atoms with Gasteiger partial charge in [0.05, 0.1) is 11.5 Å². The van der Waals surface area contributed by atoms with Crippen molar-refractivity contribution in [2.24, 2.45) is 11.1 Å². The van der Waals surface area contributed by atoms with E-state index in [0.29, 0.717) is 12.8 Å². The van der Waals surface area contributed by atoms with E-state index >= 15 is 0 Å². The monoisotopic (exact) mass is 223 g/mol. The lowest BCUT2D eigenvalue weighted by Crippen LogP contribution is -2.52. The number of halogens is 1. The topological polar surface area (TPSA) is 60.2 Å². The van der Waals surface area contributed by atoms with E-state index < -0.39 is 20.9 Å². The smallest absolute Gasteiger partial charge is 0.153 e. The maximum absolute atomic E-state index is 14.4. The Labute approximate surface area is 84.8 Å². The largest absolute Gasteiger partial charge is 0.330 e. The van der Waals surface area contributed by atoms with Crippen molar-refractivity contribution >= 4 is 9.84 Å². The molecular weight excluding hydrogens is 205 g/mol. The molecule has 0 saturated carbocycles. The summed E-state index contributed by atoms with van der Waals surface area (Å²) in [7, 11) is -3.21. The van der Waals surface area contributed by atoms with E-state index in [9.17, 15) is 12.8 Å². The van der Waals surface area contributed by atoms with Crippen molar-refractivity contribution < 1.29 is 12.8 Å². The Morgan fingerprint density at radius 3 is 2.50 bits per heavy atom. The Morgan fingerprint density at radius 1 is 1.50 bits per heavy atom. The second kappa shape index (κ2) is 3.45. The third kappa shape index (κ3) is 2.08. The standard InChI is InChI=1S/C9H18FNO2S/c1-8(2,6-11)9(10)4-3-5-14(12,13)7-9/h3-7,11H2,1-2H3. The fourth-order valence-corrected chi connectivity index (χ4v) is 3.74. The van der Waals surface area contributed by atoms with E-state index in [2.05, 4.69) is 0 Å². The van der Waals surface area contributed by atoms with Gasteiger partial charge in [-0.25, -0.2) is 12.8 Å². The minimum Gasteiger partial charge on any atom is -0.330 e. The van der Waals surface area contributed by atoms with Crippen molar-refractivity contribution in [3.05, 3.63) is 0 Å². The summed E-state index contributed by atoms with van der Waals surface area (Å²) in [5, 5.41) is 0. The summed E-state index contributed by atoms with van der Waals surface area (Å²) in [4.78, 5) is 0. The summed E-state index contributed by atoms with van der Waals surface area (Å²) in [6, 6.07) is 0. The maximum atomic E-state index is 14.4. The number of sulfone groups is 1. The van der Waals surface area contributed by atoms with Gasteiger partial charge in [0.15, 0.2) is 9.84 Å². The van der Waals surface area contributed by atoms with Gasteiger partial charge in [-0.2, -0.15) is 0 Å². The van der Waals surface area contributed by atoms with Crippen molar-refractivity contribution in [2.75, 3.05) is 18.1 Å². The Morgan fingerprint density at radius 2 is 2.07 bits per heavy atom. The van der Waals surface area contributed by atoms with Crippen molar-refractivity contribution in [1.82, 2.24) is 0 Å². The summed E-state index contributed by atoms with van der Waals surface area (Å²) >= 11 is 0. The van der Waals surface area contributed by atoms with Gasteiger partial charge in [0.2, 0.25) is 0 Å². The molecule has 14 heavy (non-hydrogen) atoms. The second-order valence-corrected chi connectivity index (χ2v) is 6.93. The third-order valence-corrected chi connectivity index (χ3v) is 5.01. The average Bonchev–Trinajstić information content (AvgIpc) is 2.01. The summed E-state index contributed by atoms with van der Waals surface area (Å²) in [5.41, 5.74) is 3.06. The van der Waals surface area contributed by atoms with Crippen molar-refractivity contribution in [2.45, 2.75) is 32.4 Å². The minimum absolute atomic E-state index is 0.110. The lowest BCUT2D eigenvalue weighted by Gasteiger charge is -2.41. The van der Waals surface area contributed by atoms with Gasteiger partial charge < -0.3 is 5.73 Å². The first-order valence-electron chi connectivity index (χ1n) is 4.82. The van der Waals surface area contributed by atoms with Crippen LogP contribution < -0.4 is 5.73 Å². The van der Waals surface area contributed by atoms with Crippen molar-refractivity contribution in [1.29, 1.82) is 0 Å². The van der Waals surface area contributed by atoms with E-state index in [0.717, 1.165) is 0 Å². The molecule has 0 spiro atoms. The van der Waals surface area contributed by atoms with Crippen LogP contribution in [0, 0.1) is 5.41 Å². The van der Waals surface area contributed by atoms with Crippen LogP contribution in [0.4, 0.5) is 4.39 Å². The van der Waals surface area contributed by atoms with Gasteiger partial charge in [-0.15, -0.1) is 0 Å². The predicted octanol–water partition coefficient (Wildman–Crippen LogP) is 0.888. The minimum atomic E-state index is -3.21. The van der Waals surface area contributed by atoms with Crippen molar-refractivity contribution in [3.8, 4) is 0 Å². The summed E-state index contributed by atoms with van der Waals surface area (Å²) in [5.74, 6) is -0.260. The molecule has 0 aromatic heterocycles. The van der Waals surface area contributed by atoms with Gasteiger partial charge in [-0.3, -0.25) is 0 Å². The van der Waals surface area contributed by atoms with Gasteiger partial charge in [0.1, 0.15) is 5.67 Å². The lowest BCUT2D eigenvalue weighted by molar-refractivity contribution is 0.0313. The van der Waals surface area contributed by atoms with Crippen molar-refractivity contribution in [3.63, 3.8) is 0 Å². The molecule has 1 aliphatic heterocycles. The molecule has 0 radical (unpaired) electrons. The summed E-state index contributed by atoms with van der Waals surface area (Å²) in [6.45, 7) is 3.54. The molecule has 1 unspecified atom stereocenters. The van der Waals surface area contributed by atoms with E-state index in [1.165, 1.54) is 0 Å². The normalized spacial score (nSPS) is 32.9. The molecule has 5 heteroatoms. The second-order valence-electron chi connectivity index (χ2n) is 4.75. The Hall–Kier alpha value is -0.160. The zero-order valence-electron chi connectivity index (χ0n) is 8.72. The highest BCUT2D eigenvalue weighted by molar-refractivity contribution is 7.91. The molecule has 0 aromatic rings. The molecular formula is C9H18FNO2S. The quantitative estimate of drug-likeness (QED) is 0.756. The highest BCUT2D eigenvalue weighted by atomic mass is 32.2. The number of hydrogen-bond acceptors (Lipinski definition) is 3. The highest BCUT2D eigenvalue weighted by Gasteiger charge is 2.49. The first-order chi connectivity index (χ1) is 6.22. The Kier molecular flexibility index (Phi) is 2.94. The maximum Gasteiger partial charge on any atom is 0.153 e. The molecule has 1 aliphatic rings. The average molecular weight is 223 g/mol. The molecule has 1 rings (SSSR count). The first kappa shape index (κ1) is 11.9. The number of rotatable bonds is 2. The van der Waals surface area contributed by atoms with E-state index in [1.54, 1.807) is 13.8 Å². The van der Waals surface area contributed by atoms with Crippen LogP contribution in [-0.4, -0.2) is 32.1 Å². The molecule has 0 bridgehead atoms. The molecule has 1 saturated heterocycles. The lowest BCUT2D eigenvalue weighted by atomic mass is 9.75. The Bertz CT molecular complexity index is 313. The zero-order valence-corrected chi connectivity index (χ0v) is 9.53. The zero-order chi connectivity index (χ0) is 11.0. The van der Waals surface area contributed by atoms with Crippen LogP contribution in [0.5, 0.6) is 0 Å². The molecule has 0 aliphatic carbocycles. The van der Waals surface area contributed by atoms with E-state index in [4.69, 9.17) is 5.73 Å². The van der Waals surface area contributed by atoms with E-state index in [-0.39, 0.29) is 18.1 Å². The fourth-order valence-electron chi connectivity index (χ4n) is 1.78. The number of nitrogens with two attached hydrogens (primary N) is 1. The Balaban J connectivity index is 2.95.